The molecule has 0 saturated heterocycles. The second-order valence-electron chi connectivity index (χ2n) is 3.94. The predicted octanol–water partition coefficient (Wildman–Crippen LogP) is 2.94. The summed E-state index contributed by atoms with van der Waals surface area (Å²) in [5.74, 6) is 0.746. The normalized spacial score (nSPS) is 10.6. The second kappa shape index (κ2) is 5.82. The van der Waals surface area contributed by atoms with Gasteiger partial charge < -0.3 is 15.0 Å². The fourth-order valence-electron chi connectivity index (χ4n) is 1.50. The molecule has 0 saturated carbocycles. The molecule has 0 atom stereocenters. The van der Waals surface area contributed by atoms with Crippen molar-refractivity contribution in [3.63, 3.8) is 0 Å². The van der Waals surface area contributed by atoms with Crippen LogP contribution in [-0.4, -0.2) is 16.2 Å². The van der Waals surface area contributed by atoms with Crippen LogP contribution in [0, 0.1) is 0 Å². The van der Waals surface area contributed by atoms with Gasteiger partial charge in [0, 0.05) is 24.3 Å². The van der Waals surface area contributed by atoms with Crippen LogP contribution >= 0.6 is 11.8 Å². The number of para-hydroxylation sites is 1. The Balaban J connectivity index is 2.21. The van der Waals surface area contributed by atoms with E-state index >= 15 is 0 Å². The number of anilines is 1. The zero-order valence-corrected chi connectivity index (χ0v) is 11.4. The smallest absolute Gasteiger partial charge is 0.172 e. The number of ether oxygens (including phenoxy) is 1. The minimum Gasteiger partial charge on any atom is -0.491 e. The minimum atomic E-state index is 0.680. The van der Waals surface area contributed by atoms with Crippen LogP contribution in [0.15, 0.2) is 40.6 Å². The van der Waals surface area contributed by atoms with Crippen LogP contribution in [-0.2, 0) is 7.05 Å². The molecule has 4 nitrogen and oxygen atoms in total. The highest BCUT2D eigenvalue weighted by molar-refractivity contribution is 7.99. The van der Waals surface area contributed by atoms with Gasteiger partial charge in [0.05, 0.1) is 12.3 Å². The average Bonchev–Trinajstić information content (AvgIpc) is 2.76. The maximum Gasteiger partial charge on any atom is 0.172 e. The third-order valence-corrected chi connectivity index (χ3v) is 3.62. The quantitative estimate of drug-likeness (QED) is 0.843. The lowest BCUT2D eigenvalue weighted by atomic mass is 10.3. The second-order valence-corrected chi connectivity index (χ2v) is 4.95. The van der Waals surface area contributed by atoms with Crippen molar-refractivity contribution in [2.75, 3.05) is 12.3 Å². The van der Waals surface area contributed by atoms with Gasteiger partial charge in [0.1, 0.15) is 5.75 Å². The van der Waals surface area contributed by atoms with Crippen molar-refractivity contribution in [2.45, 2.75) is 23.4 Å². The van der Waals surface area contributed by atoms with E-state index in [0.29, 0.717) is 12.3 Å². The highest BCUT2D eigenvalue weighted by Gasteiger charge is 2.09. The first kappa shape index (κ1) is 12.8. The van der Waals surface area contributed by atoms with E-state index in [4.69, 9.17) is 10.5 Å². The van der Waals surface area contributed by atoms with Gasteiger partial charge in [-0.1, -0.05) is 13.0 Å². The van der Waals surface area contributed by atoms with E-state index in [9.17, 15) is 0 Å². The number of aromatic nitrogens is 2. The van der Waals surface area contributed by atoms with E-state index in [2.05, 4.69) is 11.9 Å². The third-order valence-electron chi connectivity index (χ3n) is 2.47. The van der Waals surface area contributed by atoms with Crippen LogP contribution in [0.3, 0.4) is 0 Å². The molecule has 0 aliphatic carbocycles. The first-order valence-corrected chi connectivity index (χ1v) is 6.70. The van der Waals surface area contributed by atoms with E-state index in [1.165, 1.54) is 0 Å². The van der Waals surface area contributed by atoms with Gasteiger partial charge in [0.2, 0.25) is 0 Å². The van der Waals surface area contributed by atoms with Crippen molar-refractivity contribution in [1.29, 1.82) is 0 Å². The molecular weight excluding hydrogens is 246 g/mol. The summed E-state index contributed by atoms with van der Waals surface area (Å²) in [5.41, 5.74) is 6.79. The Morgan fingerprint density at radius 3 is 2.94 bits per heavy atom. The van der Waals surface area contributed by atoms with Gasteiger partial charge in [-0.15, -0.1) is 0 Å². The molecule has 1 heterocycles. The van der Waals surface area contributed by atoms with Crippen molar-refractivity contribution in [2.24, 2.45) is 7.05 Å². The molecule has 0 aliphatic heterocycles. The molecule has 0 spiro atoms. The molecule has 0 fully saturated rings. The van der Waals surface area contributed by atoms with Crippen molar-refractivity contribution in [3.05, 3.63) is 30.6 Å². The molecule has 2 aromatic rings. The summed E-state index contributed by atoms with van der Waals surface area (Å²) < 4.78 is 7.57. The molecule has 5 heteroatoms. The monoisotopic (exact) mass is 263 g/mol. The summed E-state index contributed by atoms with van der Waals surface area (Å²) >= 11 is 1.54. The zero-order valence-electron chi connectivity index (χ0n) is 10.6. The highest BCUT2D eigenvalue weighted by atomic mass is 32.2. The van der Waals surface area contributed by atoms with Gasteiger partial charge in [0.15, 0.2) is 5.16 Å². The lowest BCUT2D eigenvalue weighted by Gasteiger charge is -2.11. The fraction of sp³-hybridized carbons (Fsp3) is 0.308. The molecule has 0 unspecified atom stereocenters. The number of imidazole rings is 1. The van der Waals surface area contributed by atoms with Crippen LogP contribution in [0.1, 0.15) is 13.3 Å². The number of hydrogen-bond donors (Lipinski definition) is 1. The number of nitrogen functional groups attached to an aromatic ring is 1. The van der Waals surface area contributed by atoms with E-state index in [1.807, 2.05) is 36.0 Å². The standard InChI is InChI=1S/C13H17N3OS/c1-3-9-17-10-5-4-6-11(12(10)14)18-13-15-7-8-16(13)2/h4-8H,3,9,14H2,1-2H3. The van der Waals surface area contributed by atoms with Crippen LogP contribution < -0.4 is 10.5 Å². The summed E-state index contributed by atoms with van der Waals surface area (Å²) in [5, 5.41) is 0.911. The topological polar surface area (TPSA) is 53.1 Å². The summed E-state index contributed by atoms with van der Waals surface area (Å²) in [6.07, 6.45) is 4.65. The van der Waals surface area contributed by atoms with Gasteiger partial charge in [-0.3, -0.25) is 0 Å². The lowest BCUT2D eigenvalue weighted by molar-refractivity contribution is 0.318. The van der Waals surface area contributed by atoms with Gasteiger partial charge in [-0.25, -0.2) is 4.98 Å². The van der Waals surface area contributed by atoms with Crippen molar-refractivity contribution in [3.8, 4) is 5.75 Å². The number of rotatable bonds is 5. The molecule has 0 bridgehead atoms. The molecule has 1 aromatic heterocycles. The Bertz CT molecular complexity index is 525. The minimum absolute atomic E-state index is 0.680. The molecular formula is C13H17N3OS. The number of benzene rings is 1. The van der Waals surface area contributed by atoms with E-state index in [1.54, 1.807) is 18.0 Å². The number of nitrogens with two attached hydrogens (primary N) is 1. The van der Waals surface area contributed by atoms with E-state index < -0.39 is 0 Å². The number of hydrogen-bond acceptors (Lipinski definition) is 4. The molecule has 2 N–H and O–H groups in total. The van der Waals surface area contributed by atoms with E-state index in [-0.39, 0.29) is 0 Å². The lowest BCUT2D eigenvalue weighted by Crippen LogP contribution is -2.00. The fourth-order valence-corrected chi connectivity index (χ4v) is 2.37. The molecule has 0 amide bonds. The van der Waals surface area contributed by atoms with Crippen LogP contribution in [0.2, 0.25) is 0 Å². The Morgan fingerprint density at radius 2 is 2.28 bits per heavy atom. The average molecular weight is 263 g/mol. The molecule has 18 heavy (non-hydrogen) atoms. The van der Waals surface area contributed by atoms with E-state index in [0.717, 1.165) is 22.2 Å². The summed E-state index contributed by atoms with van der Waals surface area (Å²) in [4.78, 5) is 5.24. The maximum atomic E-state index is 6.11. The first-order valence-electron chi connectivity index (χ1n) is 5.89. The van der Waals surface area contributed by atoms with Gasteiger partial charge in [-0.05, 0) is 30.3 Å². The Labute approximate surface area is 111 Å². The van der Waals surface area contributed by atoms with Gasteiger partial charge >= 0.3 is 0 Å². The summed E-state index contributed by atoms with van der Waals surface area (Å²) in [6.45, 7) is 2.75. The van der Waals surface area contributed by atoms with Crippen molar-refractivity contribution >= 4 is 17.4 Å². The Hall–Kier alpha value is -1.62. The SMILES string of the molecule is CCCOc1cccc(Sc2nccn2C)c1N. The summed E-state index contributed by atoms with van der Waals surface area (Å²) in [6, 6.07) is 5.83. The number of nitrogens with zero attached hydrogens (tertiary/aromatic N) is 2. The molecule has 2 rings (SSSR count). The number of aryl methyl sites for hydroxylation is 1. The largest absolute Gasteiger partial charge is 0.491 e. The maximum absolute atomic E-state index is 6.11. The van der Waals surface area contributed by atoms with Gasteiger partial charge in [-0.2, -0.15) is 0 Å². The Morgan fingerprint density at radius 1 is 1.44 bits per heavy atom. The summed E-state index contributed by atoms with van der Waals surface area (Å²) in [7, 11) is 1.96. The van der Waals surface area contributed by atoms with Crippen LogP contribution in [0.4, 0.5) is 5.69 Å². The van der Waals surface area contributed by atoms with Crippen molar-refractivity contribution < 1.29 is 4.74 Å². The molecule has 96 valence electrons. The molecule has 0 aliphatic rings. The third kappa shape index (κ3) is 2.79. The first-order chi connectivity index (χ1) is 8.72. The molecule has 0 radical (unpaired) electrons. The van der Waals surface area contributed by atoms with Crippen molar-refractivity contribution in [1.82, 2.24) is 9.55 Å². The van der Waals surface area contributed by atoms with Crippen LogP contribution in [0.25, 0.3) is 0 Å². The highest BCUT2D eigenvalue weighted by Crippen LogP contribution is 2.36. The molecule has 1 aromatic carbocycles. The Kier molecular flexibility index (Phi) is 4.15. The zero-order chi connectivity index (χ0) is 13.0. The van der Waals surface area contributed by atoms with Crippen LogP contribution in [0.5, 0.6) is 5.75 Å². The van der Waals surface area contributed by atoms with Gasteiger partial charge in [0.25, 0.3) is 0 Å². The predicted molar refractivity (Wildman–Crippen MR) is 74.0 cm³/mol.